The highest BCUT2D eigenvalue weighted by atomic mass is 31.2. The summed E-state index contributed by atoms with van der Waals surface area (Å²) in [6.45, 7) is 9.53. The number of hydrogen-bond donors (Lipinski definition) is 3. The number of nitrogens with one attached hydrogen (secondary N) is 2. The molecule has 2 rings (SSSR count). The Kier molecular flexibility index (Phi) is 11.8. The third-order valence-corrected chi connectivity index (χ3v) is 7.10. The number of aliphatic hydroxyl groups is 1. The maximum atomic E-state index is 16.0. The van der Waals surface area contributed by atoms with Crippen molar-refractivity contribution in [2.24, 2.45) is 0 Å². The van der Waals surface area contributed by atoms with Crippen LogP contribution in [0.4, 0.5) is 8.78 Å². The molecule has 0 radical (unpaired) electrons. The number of para-hydroxylation sites is 1. The highest BCUT2D eigenvalue weighted by molar-refractivity contribution is 7.52. The molecule has 2 amide bonds. The van der Waals surface area contributed by atoms with Crippen LogP contribution in [0.3, 0.4) is 0 Å². The molecule has 1 saturated heterocycles. The summed E-state index contributed by atoms with van der Waals surface area (Å²) in [4.78, 5) is 23.6. The highest BCUT2D eigenvalue weighted by Crippen LogP contribution is 2.47. The molecule has 1 aliphatic rings. The van der Waals surface area contributed by atoms with E-state index >= 15 is 4.39 Å². The minimum absolute atomic E-state index is 0.00178. The van der Waals surface area contributed by atoms with Crippen LogP contribution in [0, 0.1) is 11.8 Å². The molecule has 0 aliphatic carbocycles. The first-order valence-electron chi connectivity index (χ1n) is 12.2. The van der Waals surface area contributed by atoms with Crippen molar-refractivity contribution >= 4 is 20.1 Å². The van der Waals surface area contributed by atoms with E-state index in [0.717, 1.165) is 7.05 Å². The number of hydrogen-bond acceptors (Lipinski definition) is 8. The topological polar surface area (TPSA) is 136 Å². The van der Waals surface area contributed by atoms with Gasteiger partial charge in [-0.15, -0.1) is 5.92 Å². The summed E-state index contributed by atoms with van der Waals surface area (Å²) < 4.78 is 66.1. The van der Waals surface area contributed by atoms with Crippen molar-refractivity contribution in [3.8, 4) is 17.6 Å². The van der Waals surface area contributed by atoms with Crippen LogP contribution < -0.4 is 14.9 Å². The van der Waals surface area contributed by atoms with E-state index in [2.05, 4.69) is 23.5 Å². The molecular formula is C26H34F2N3O8P. The Morgan fingerprint density at radius 2 is 2.00 bits per heavy atom. The van der Waals surface area contributed by atoms with Gasteiger partial charge < -0.3 is 24.4 Å². The standard InChI is InChI=1S/C26H34F2N3O8P/c1-7-13-26(28)23(33)22(38-25(26)31(16-32)14-21(27)24(34)29-6)15-36-40(35,39-20-11-9-8-10-12-20)30-18(4)19(5)37-17(2)3/h8-12,14,16-18,22-23,25,33H,5,15H2,1-4,6H3,(H,29,34)(H,30,35)/b21-14+. The lowest BCUT2D eigenvalue weighted by Gasteiger charge is -2.28. The molecule has 1 aliphatic heterocycles. The molecule has 220 valence electrons. The summed E-state index contributed by atoms with van der Waals surface area (Å²) in [5.74, 6) is 2.24. The van der Waals surface area contributed by atoms with Gasteiger partial charge in [-0.05, 0) is 39.8 Å². The summed E-state index contributed by atoms with van der Waals surface area (Å²) in [5, 5.41) is 15.5. The van der Waals surface area contributed by atoms with Gasteiger partial charge in [0.05, 0.1) is 25.0 Å². The van der Waals surface area contributed by atoms with E-state index in [1.807, 2.05) is 5.32 Å². The molecule has 11 nitrogen and oxygen atoms in total. The van der Waals surface area contributed by atoms with Gasteiger partial charge in [-0.2, -0.15) is 4.39 Å². The third kappa shape index (κ3) is 8.36. The number of aliphatic hydroxyl groups excluding tert-OH is 1. The van der Waals surface area contributed by atoms with E-state index in [0.29, 0.717) is 11.1 Å². The molecule has 6 unspecified atom stereocenters. The SMILES string of the molecule is C=C(OC(C)C)C(C)NP(=O)(OCC1OC(N(C=O)/C=C(/F)C(=O)NC)C(F)(C#CC)C1O)Oc1ccccc1. The van der Waals surface area contributed by atoms with Gasteiger partial charge >= 0.3 is 7.75 Å². The third-order valence-electron chi connectivity index (χ3n) is 5.46. The fourth-order valence-electron chi connectivity index (χ4n) is 3.56. The number of carbonyl (C=O) groups excluding carboxylic acids is 2. The van der Waals surface area contributed by atoms with Gasteiger partial charge in [0.25, 0.3) is 5.91 Å². The lowest BCUT2D eigenvalue weighted by molar-refractivity contribution is -0.133. The number of carbonyl (C=O) groups is 2. The van der Waals surface area contributed by atoms with E-state index in [1.54, 1.807) is 39.0 Å². The Morgan fingerprint density at radius 3 is 2.55 bits per heavy atom. The van der Waals surface area contributed by atoms with Crippen molar-refractivity contribution < 1.29 is 46.6 Å². The predicted molar refractivity (Wildman–Crippen MR) is 142 cm³/mol. The number of likely N-dealkylation sites (N-methyl/N-ethyl adjacent to an activating group) is 1. The molecule has 0 bridgehead atoms. The van der Waals surface area contributed by atoms with Crippen molar-refractivity contribution in [2.75, 3.05) is 13.7 Å². The maximum absolute atomic E-state index is 16.0. The molecule has 1 heterocycles. The summed E-state index contributed by atoms with van der Waals surface area (Å²) in [6, 6.07) is 7.30. The maximum Gasteiger partial charge on any atom is 0.459 e. The molecule has 0 saturated carbocycles. The van der Waals surface area contributed by atoms with E-state index in [-0.39, 0.29) is 24.0 Å². The van der Waals surface area contributed by atoms with Gasteiger partial charge in [0.2, 0.25) is 17.9 Å². The smallest absolute Gasteiger partial charge is 0.459 e. The second-order valence-electron chi connectivity index (χ2n) is 8.90. The second kappa shape index (κ2) is 14.4. The van der Waals surface area contributed by atoms with E-state index < -0.39 is 56.2 Å². The number of alkyl halides is 1. The van der Waals surface area contributed by atoms with Crippen LogP contribution >= 0.6 is 7.75 Å². The molecule has 14 heteroatoms. The second-order valence-corrected chi connectivity index (χ2v) is 10.6. The van der Waals surface area contributed by atoms with E-state index in [9.17, 15) is 23.7 Å². The first-order chi connectivity index (χ1) is 18.8. The fraction of sp³-hybridized carbons (Fsp3) is 0.462. The van der Waals surface area contributed by atoms with Crippen molar-refractivity contribution in [1.29, 1.82) is 0 Å². The van der Waals surface area contributed by atoms with Gasteiger partial charge in [-0.3, -0.25) is 19.0 Å². The van der Waals surface area contributed by atoms with Crippen molar-refractivity contribution in [2.45, 2.75) is 63.9 Å². The normalized spacial score (nSPS) is 24.7. The molecular weight excluding hydrogens is 551 g/mol. The first kappa shape index (κ1) is 32.9. The lowest BCUT2D eigenvalue weighted by Crippen LogP contribution is -2.49. The zero-order chi connectivity index (χ0) is 30.1. The van der Waals surface area contributed by atoms with Crippen molar-refractivity contribution in [1.82, 2.24) is 15.3 Å². The Bertz CT molecular complexity index is 1190. The summed E-state index contributed by atoms with van der Waals surface area (Å²) in [6.07, 6.45) is -5.41. The molecule has 1 fully saturated rings. The van der Waals surface area contributed by atoms with Crippen LogP contribution in [0.15, 0.2) is 54.7 Å². The van der Waals surface area contributed by atoms with Crippen LogP contribution in [0.2, 0.25) is 0 Å². The minimum Gasteiger partial charge on any atom is -0.494 e. The Balaban J connectivity index is 2.34. The molecule has 1 aromatic rings. The quantitative estimate of drug-likeness (QED) is 0.0990. The van der Waals surface area contributed by atoms with Gasteiger partial charge in [-0.1, -0.05) is 30.7 Å². The number of nitrogens with zero attached hydrogens (tertiary/aromatic N) is 1. The van der Waals surface area contributed by atoms with Gasteiger partial charge in [0.1, 0.15) is 23.7 Å². The summed E-state index contributed by atoms with van der Waals surface area (Å²) in [7, 11) is -3.12. The van der Waals surface area contributed by atoms with E-state index in [1.165, 1.54) is 19.1 Å². The molecule has 0 aromatic heterocycles. The molecule has 6 atom stereocenters. The monoisotopic (exact) mass is 585 g/mol. The fourth-order valence-corrected chi connectivity index (χ4v) is 5.10. The summed E-state index contributed by atoms with van der Waals surface area (Å²) >= 11 is 0. The number of ether oxygens (including phenoxy) is 2. The van der Waals surface area contributed by atoms with Crippen LogP contribution in [0.25, 0.3) is 0 Å². The Labute approximate surface area is 232 Å². The van der Waals surface area contributed by atoms with Crippen molar-refractivity contribution in [3.05, 3.63) is 54.7 Å². The van der Waals surface area contributed by atoms with Crippen LogP contribution in [0.5, 0.6) is 5.75 Å². The molecule has 1 aromatic carbocycles. The van der Waals surface area contributed by atoms with Gasteiger partial charge in [0.15, 0.2) is 6.23 Å². The van der Waals surface area contributed by atoms with Crippen LogP contribution in [-0.4, -0.2) is 72.2 Å². The zero-order valence-corrected chi connectivity index (χ0v) is 23.7. The molecule has 0 spiro atoms. The number of amides is 2. The van der Waals surface area contributed by atoms with Crippen LogP contribution in [-0.2, 0) is 28.2 Å². The average Bonchev–Trinajstić information content (AvgIpc) is 3.15. The summed E-state index contributed by atoms with van der Waals surface area (Å²) in [5.41, 5.74) is -2.94. The predicted octanol–water partition coefficient (Wildman–Crippen LogP) is 2.94. The van der Waals surface area contributed by atoms with Crippen LogP contribution in [0.1, 0.15) is 27.7 Å². The largest absolute Gasteiger partial charge is 0.494 e. The number of halogens is 2. The number of benzene rings is 1. The number of rotatable bonds is 14. The Morgan fingerprint density at radius 1 is 1.35 bits per heavy atom. The van der Waals surface area contributed by atoms with Crippen molar-refractivity contribution in [3.63, 3.8) is 0 Å². The zero-order valence-electron chi connectivity index (χ0n) is 22.8. The van der Waals surface area contributed by atoms with Gasteiger partial charge in [-0.25, -0.2) is 14.0 Å². The van der Waals surface area contributed by atoms with Gasteiger partial charge in [0, 0.05) is 7.05 Å². The first-order valence-corrected chi connectivity index (χ1v) is 13.7. The highest BCUT2D eigenvalue weighted by Gasteiger charge is 2.59. The molecule has 40 heavy (non-hydrogen) atoms. The molecule has 3 N–H and O–H groups in total. The average molecular weight is 586 g/mol. The van der Waals surface area contributed by atoms with E-state index in [4.69, 9.17) is 18.5 Å². The Hall–Kier alpha value is -3.27. The minimum atomic E-state index is -4.27. The lowest BCUT2D eigenvalue weighted by atomic mass is 9.96.